The molecular formula is C23H16O3. The van der Waals surface area contributed by atoms with Crippen LogP contribution in [0.25, 0.3) is 43.1 Å². The highest BCUT2D eigenvalue weighted by atomic mass is 16.5. The third-order valence-electron chi connectivity index (χ3n) is 5.10. The van der Waals surface area contributed by atoms with E-state index < -0.39 is 0 Å². The molecule has 0 saturated heterocycles. The Kier molecular flexibility index (Phi) is 3.01. The van der Waals surface area contributed by atoms with Crippen molar-refractivity contribution >= 4 is 43.1 Å². The van der Waals surface area contributed by atoms with Crippen molar-refractivity contribution < 1.29 is 14.9 Å². The number of ether oxygens (including phenoxy) is 1. The summed E-state index contributed by atoms with van der Waals surface area (Å²) in [7, 11) is 1.63. The third-order valence-corrected chi connectivity index (χ3v) is 5.10. The van der Waals surface area contributed by atoms with E-state index in [2.05, 4.69) is 6.07 Å². The average Bonchev–Trinajstić information content (AvgIpc) is 2.67. The van der Waals surface area contributed by atoms with Gasteiger partial charge >= 0.3 is 0 Å². The van der Waals surface area contributed by atoms with Gasteiger partial charge in [0, 0.05) is 26.9 Å². The minimum atomic E-state index is 0.200. The van der Waals surface area contributed by atoms with Crippen LogP contribution < -0.4 is 4.74 Å². The van der Waals surface area contributed by atoms with Crippen molar-refractivity contribution in [2.45, 2.75) is 0 Å². The molecule has 0 fully saturated rings. The average molecular weight is 340 g/mol. The van der Waals surface area contributed by atoms with Crippen LogP contribution >= 0.6 is 0 Å². The largest absolute Gasteiger partial charge is 0.507 e. The van der Waals surface area contributed by atoms with Gasteiger partial charge in [0.15, 0.2) is 0 Å². The second-order valence-electron chi connectivity index (χ2n) is 6.52. The molecule has 0 atom stereocenters. The van der Waals surface area contributed by atoms with Crippen molar-refractivity contribution in [2.75, 3.05) is 7.11 Å². The van der Waals surface area contributed by atoms with E-state index in [-0.39, 0.29) is 11.5 Å². The molecule has 0 amide bonds. The number of phenols is 2. The Morgan fingerprint density at radius 1 is 0.577 bits per heavy atom. The molecule has 3 heteroatoms. The monoisotopic (exact) mass is 340 g/mol. The molecule has 3 nitrogen and oxygen atoms in total. The highest BCUT2D eigenvalue weighted by Crippen LogP contribution is 2.42. The lowest BCUT2D eigenvalue weighted by molar-refractivity contribution is 0.419. The zero-order valence-electron chi connectivity index (χ0n) is 14.2. The van der Waals surface area contributed by atoms with Crippen molar-refractivity contribution in [1.29, 1.82) is 0 Å². The zero-order valence-corrected chi connectivity index (χ0v) is 14.2. The van der Waals surface area contributed by atoms with Crippen molar-refractivity contribution in [3.8, 4) is 17.2 Å². The molecule has 26 heavy (non-hydrogen) atoms. The fourth-order valence-corrected chi connectivity index (χ4v) is 3.81. The third kappa shape index (κ3) is 1.94. The molecule has 5 rings (SSSR count). The lowest BCUT2D eigenvalue weighted by Crippen LogP contribution is -1.87. The topological polar surface area (TPSA) is 49.7 Å². The predicted octanol–water partition coefficient (Wildman–Crippen LogP) is 5.72. The van der Waals surface area contributed by atoms with Gasteiger partial charge in [0.1, 0.15) is 17.2 Å². The van der Waals surface area contributed by atoms with Crippen LogP contribution in [0.1, 0.15) is 0 Å². The summed E-state index contributed by atoms with van der Waals surface area (Å²) in [4.78, 5) is 0. The Hall–Kier alpha value is -3.46. The maximum Gasteiger partial charge on any atom is 0.131 e. The van der Waals surface area contributed by atoms with E-state index in [1.807, 2.05) is 60.7 Å². The van der Waals surface area contributed by atoms with Crippen LogP contribution in [0, 0.1) is 0 Å². The van der Waals surface area contributed by atoms with Crippen molar-refractivity contribution in [1.82, 2.24) is 0 Å². The standard InChI is InChI=1S/C23H16O3/c1-26-21-8-4-7-17-20(21)11-15-10-14-9-13-5-2-3-6-16(13)22(24)18(14)12-19(15)23(17)25/h2-12,24-25H,1H3. The molecule has 0 saturated carbocycles. The Bertz CT molecular complexity index is 1340. The summed E-state index contributed by atoms with van der Waals surface area (Å²) in [6.07, 6.45) is 0. The van der Waals surface area contributed by atoms with Crippen molar-refractivity contribution in [2.24, 2.45) is 0 Å². The lowest BCUT2D eigenvalue weighted by Gasteiger charge is -2.12. The molecule has 0 aliphatic heterocycles. The summed E-state index contributed by atoms with van der Waals surface area (Å²) in [6, 6.07) is 21.3. The van der Waals surface area contributed by atoms with Gasteiger partial charge in [-0.15, -0.1) is 0 Å². The number of phenolic OH excluding ortho intramolecular Hbond substituents is 2. The SMILES string of the molecule is COc1cccc2c(O)c3cc4c(O)c5ccccc5cc4cc3cc12. The van der Waals surface area contributed by atoms with Gasteiger partial charge in [0.2, 0.25) is 0 Å². The summed E-state index contributed by atoms with van der Waals surface area (Å²) in [6.45, 7) is 0. The Labute approximate surface area is 149 Å². The van der Waals surface area contributed by atoms with Gasteiger partial charge < -0.3 is 14.9 Å². The Morgan fingerprint density at radius 2 is 1.23 bits per heavy atom. The van der Waals surface area contributed by atoms with Crippen LogP contribution in [-0.2, 0) is 0 Å². The minimum absolute atomic E-state index is 0.200. The van der Waals surface area contributed by atoms with Crippen molar-refractivity contribution in [3.05, 3.63) is 66.7 Å². The first kappa shape index (κ1) is 14.8. The van der Waals surface area contributed by atoms with Crippen LogP contribution in [0.2, 0.25) is 0 Å². The fourth-order valence-electron chi connectivity index (χ4n) is 3.81. The molecule has 0 aliphatic carbocycles. The molecule has 126 valence electrons. The number of hydrogen-bond acceptors (Lipinski definition) is 3. The molecule has 0 spiro atoms. The van der Waals surface area contributed by atoms with Crippen LogP contribution in [-0.4, -0.2) is 17.3 Å². The smallest absolute Gasteiger partial charge is 0.131 e. The van der Waals surface area contributed by atoms with E-state index in [4.69, 9.17) is 4.74 Å². The fraction of sp³-hybridized carbons (Fsp3) is 0.0435. The van der Waals surface area contributed by atoms with Gasteiger partial charge in [-0.05, 0) is 46.5 Å². The van der Waals surface area contributed by atoms with E-state index in [0.717, 1.165) is 43.5 Å². The maximum absolute atomic E-state index is 10.9. The van der Waals surface area contributed by atoms with Gasteiger partial charge in [-0.2, -0.15) is 0 Å². The number of methoxy groups -OCH3 is 1. The quantitative estimate of drug-likeness (QED) is 0.384. The number of aromatic hydroxyl groups is 2. The number of hydrogen-bond donors (Lipinski definition) is 2. The maximum atomic E-state index is 10.9. The van der Waals surface area contributed by atoms with E-state index in [1.165, 1.54) is 0 Å². The van der Waals surface area contributed by atoms with E-state index in [1.54, 1.807) is 7.11 Å². The first-order valence-electron chi connectivity index (χ1n) is 8.44. The first-order valence-corrected chi connectivity index (χ1v) is 8.44. The minimum Gasteiger partial charge on any atom is -0.507 e. The second-order valence-corrected chi connectivity index (χ2v) is 6.52. The molecule has 0 aromatic heterocycles. The van der Waals surface area contributed by atoms with Crippen molar-refractivity contribution in [3.63, 3.8) is 0 Å². The van der Waals surface area contributed by atoms with E-state index >= 15 is 0 Å². The molecule has 5 aromatic carbocycles. The molecule has 5 aromatic rings. The second kappa shape index (κ2) is 5.27. The summed E-state index contributed by atoms with van der Waals surface area (Å²) >= 11 is 0. The van der Waals surface area contributed by atoms with Gasteiger partial charge in [-0.1, -0.05) is 36.4 Å². The van der Waals surface area contributed by atoms with Gasteiger partial charge in [-0.3, -0.25) is 0 Å². The molecule has 0 heterocycles. The van der Waals surface area contributed by atoms with Crippen LogP contribution in [0.3, 0.4) is 0 Å². The first-order chi connectivity index (χ1) is 12.7. The number of rotatable bonds is 1. The lowest BCUT2D eigenvalue weighted by atomic mass is 9.95. The van der Waals surface area contributed by atoms with Gasteiger partial charge in [-0.25, -0.2) is 0 Å². The highest BCUT2D eigenvalue weighted by molar-refractivity contribution is 6.14. The van der Waals surface area contributed by atoms with Crippen LogP contribution in [0.5, 0.6) is 17.2 Å². The number of fused-ring (bicyclic) bond motifs is 4. The summed E-state index contributed by atoms with van der Waals surface area (Å²) < 4.78 is 5.44. The molecule has 0 radical (unpaired) electrons. The van der Waals surface area contributed by atoms with Crippen LogP contribution in [0.4, 0.5) is 0 Å². The highest BCUT2D eigenvalue weighted by Gasteiger charge is 2.13. The van der Waals surface area contributed by atoms with E-state index in [0.29, 0.717) is 5.39 Å². The van der Waals surface area contributed by atoms with E-state index in [9.17, 15) is 10.2 Å². The predicted molar refractivity (Wildman–Crippen MR) is 106 cm³/mol. The number of benzene rings is 5. The summed E-state index contributed by atoms with van der Waals surface area (Å²) in [5.41, 5.74) is 0. The molecular weight excluding hydrogens is 324 g/mol. The molecule has 0 bridgehead atoms. The normalized spacial score (nSPS) is 11.6. The van der Waals surface area contributed by atoms with Gasteiger partial charge in [0.25, 0.3) is 0 Å². The molecule has 0 aliphatic rings. The zero-order chi connectivity index (χ0) is 17.8. The molecule has 0 unspecified atom stereocenters. The Balaban J connectivity index is 1.98. The summed E-state index contributed by atoms with van der Waals surface area (Å²) in [5.74, 6) is 1.16. The summed E-state index contributed by atoms with van der Waals surface area (Å²) in [5, 5.41) is 28.3. The molecule has 2 N–H and O–H groups in total. The van der Waals surface area contributed by atoms with Crippen LogP contribution in [0.15, 0.2) is 66.7 Å². The van der Waals surface area contributed by atoms with Gasteiger partial charge in [0.05, 0.1) is 7.11 Å². The Morgan fingerprint density at radius 3 is 2.04 bits per heavy atom.